The Morgan fingerprint density at radius 3 is 0.750 bits per heavy atom. The molecule has 0 aromatic carbocycles. The smallest absolute Gasteiger partial charge is 0 e. The second-order valence-corrected chi connectivity index (χ2v) is 0. The van der Waals surface area contributed by atoms with Crippen LogP contribution in [-0.4, -0.2) is 11.0 Å². The van der Waals surface area contributed by atoms with Crippen LogP contribution in [-0.2, 0) is 37.8 Å². The average molecular weight is 290 g/mol. The molecule has 4 heavy (non-hydrogen) atoms. The van der Waals surface area contributed by atoms with Gasteiger partial charge in [0, 0.05) is 37.8 Å². The molecule has 0 saturated carbocycles. The maximum absolute atomic E-state index is 0. The minimum atomic E-state index is 0. The Labute approximate surface area is 49.0 Å². The third-order valence-electron chi connectivity index (χ3n) is 0. The number of hydrogen-bond acceptors (Lipinski definition) is 0. The van der Waals surface area contributed by atoms with E-state index in [1.54, 1.807) is 0 Å². The van der Waals surface area contributed by atoms with Crippen molar-refractivity contribution in [1.82, 2.24) is 0 Å². The molecule has 0 bridgehead atoms. The molecule has 35 valence electrons. The minimum Gasteiger partial charge on any atom is -0.412 e. The zero-order valence-corrected chi connectivity index (χ0v) is 4.96. The van der Waals surface area contributed by atoms with Crippen LogP contribution in [0.5, 0.6) is 0 Å². The van der Waals surface area contributed by atoms with E-state index < -0.39 is 0 Å². The zero-order chi connectivity index (χ0) is 0. The third kappa shape index (κ3) is 11.2. The van der Waals surface area contributed by atoms with Crippen LogP contribution < -0.4 is 0 Å². The predicted octanol–water partition coefficient (Wildman–Crippen LogP) is -1.65. The van der Waals surface area contributed by atoms with Crippen molar-refractivity contribution in [2.24, 2.45) is 0 Å². The average Bonchev–Trinajstić information content (AvgIpc) is 0. The van der Waals surface area contributed by atoms with Gasteiger partial charge in [-0.25, -0.2) is 0 Å². The van der Waals surface area contributed by atoms with Crippen molar-refractivity contribution >= 4 is 0 Å². The van der Waals surface area contributed by atoms with E-state index in [2.05, 4.69) is 0 Å². The molecule has 0 spiro atoms. The monoisotopic (exact) mass is 290 g/mol. The molecule has 0 unspecified atom stereocenters. The van der Waals surface area contributed by atoms with Crippen molar-refractivity contribution in [3.05, 3.63) is 0 Å². The van der Waals surface area contributed by atoms with Crippen molar-refractivity contribution in [3.8, 4) is 0 Å². The van der Waals surface area contributed by atoms with Crippen molar-refractivity contribution in [2.75, 3.05) is 0 Å². The zero-order valence-electron chi connectivity index (χ0n) is 1.65. The normalized spacial score (nSPS) is 0. The first-order valence-electron chi connectivity index (χ1n) is 0. The van der Waals surface area contributed by atoms with E-state index in [1.807, 2.05) is 0 Å². The fourth-order valence-electron chi connectivity index (χ4n) is 0. The summed E-state index contributed by atoms with van der Waals surface area (Å²) in [7, 11) is 0. The van der Waals surface area contributed by atoms with Crippen molar-refractivity contribution in [3.63, 3.8) is 0 Å². The van der Waals surface area contributed by atoms with Crippen LogP contribution in [0, 0.1) is 0 Å². The quantitative estimate of drug-likeness (QED) is 0.513. The Bertz CT molecular complexity index is 6.00. The van der Waals surface area contributed by atoms with Crippen molar-refractivity contribution in [1.29, 1.82) is 0 Å². The van der Waals surface area contributed by atoms with Crippen LogP contribution in [0.4, 0.5) is 0 Å². The van der Waals surface area contributed by atoms with E-state index in [4.69, 9.17) is 0 Å². The van der Waals surface area contributed by atoms with Gasteiger partial charge in [0.05, 0.1) is 0 Å². The molecule has 0 aliphatic carbocycles. The summed E-state index contributed by atoms with van der Waals surface area (Å²) in [6.45, 7) is 0. The molecular weight excluding hydrogens is 286 g/mol. The van der Waals surface area contributed by atoms with Crippen LogP contribution in [0.1, 0.15) is 0 Å². The van der Waals surface area contributed by atoms with Gasteiger partial charge in [0.15, 0.2) is 0 Å². The molecule has 0 amide bonds. The maximum atomic E-state index is 0. The maximum Gasteiger partial charge on any atom is 0 e. The van der Waals surface area contributed by atoms with Crippen molar-refractivity contribution < 1.29 is 48.8 Å². The van der Waals surface area contributed by atoms with Gasteiger partial charge >= 0.3 is 0 Å². The van der Waals surface area contributed by atoms with Crippen LogP contribution in [0.15, 0.2) is 0 Å². The second kappa shape index (κ2) is 32.1. The molecule has 2 nitrogen and oxygen atoms in total. The molecule has 0 aromatic heterocycles. The molecule has 0 saturated heterocycles. The SMILES string of the molecule is O.O.[Co].[Pt]. The fourth-order valence-corrected chi connectivity index (χ4v) is 0. The van der Waals surface area contributed by atoms with Gasteiger partial charge in [-0.1, -0.05) is 0 Å². The van der Waals surface area contributed by atoms with E-state index in [0.717, 1.165) is 0 Å². The Morgan fingerprint density at radius 2 is 0.750 bits per heavy atom. The van der Waals surface area contributed by atoms with E-state index in [1.165, 1.54) is 0 Å². The molecule has 4 N–H and O–H groups in total. The largest absolute Gasteiger partial charge is 0.412 e. The first-order valence-corrected chi connectivity index (χ1v) is 0. The summed E-state index contributed by atoms with van der Waals surface area (Å²) >= 11 is 0. The van der Waals surface area contributed by atoms with E-state index in [0.29, 0.717) is 0 Å². The molecule has 1 radical (unpaired) electrons. The van der Waals surface area contributed by atoms with Crippen LogP contribution in [0.2, 0.25) is 0 Å². The molecule has 0 fully saturated rings. The summed E-state index contributed by atoms with van der Waals surface area (Å²) in [5.41, 5.74) is 0. The van der Waals surface area contributed by atoms with Crippen LogP contribution in [0.3, 0.4) is 0 Å². The molecule has 4 heteroatoms. The van der Waals surface area contributed by atoms with E-state index in [-0.39, 0.29) is 48.8 Å². The second-order valence-electron chi connectivity index (χ2n) is 0. The van der Waals surface area contributed by atoms with Gasteiger partial charge in [0.1, 0.15) is 0 Å². The molecule has 0 heterocycles. The first kappa shape index (κ1) is 69.7. The van der Waals surface area contributed by atoms with Gasteiger partial charge in [0.25, 0.3) is 0 Å². The predicted molar refractivity (Wildman–Crippen MR) is 7.23 cm³/mol. The topological polar surface area (TPSA) is 63.0 Å². The molecule has 0 atom stereocenters. The first-order chi connectivity index (χ1) is 0. The summed E-state index contributed by atoms with van der Waals surface area (Å²) < 4.78 is 0. The van der Waals surface area contributed by atoms with Crippen molar-refractivity contribution in [2.45, 2.75) is 0 Å². The van der Waals surface area contributed by atoms with Gasteiger partial charge in [-0.05, 0) is 0 Å². The van der Waals surface area contributed by atoms with Gasteiger partial charge in [0.2, 0.25) is 0 Å². The standard InChI is InChI=1S/Co.2H2O.Pt/h;2*1H2;. The Kier molecular flexibility index (Phi) is 560. The molecule has 0 aliphatic heterocycles. The number of hydrogen-bond donors (Lipinski definition) is 0. The summed E-state index contributed by atoms with van der Waals surface area (Å²) in [4.78, 5) is 0. The Morgan fingerprint density at radius 1 is 0.750 bits per heavy atom. The van der Waals surface area contributed by atoms with Crippen LogP contribution >= 0.6 is 0 Å². The van der Waals surface area contributed by atoms with Gasteiger partial charge in [-0.2, -0.15) is 0 Å². The molecule has 0 aliphatic rings. The Hall–Kier alpha value is 1.11. The molecule has 0 rings (SSSR count). The van der Waals surface area contributed by atoms with E-state index >= 15 is 0 Å². The number of rotatable bonds is 0. The minimum absolute atomic E-state index is 0. The fraction of sp³-hybridized carbons (Fsp3) is 0. The van der Waals surface area contributed by atoms with Gasteiger partial charge in [-0.3, -0.25) is 0 Å². The summed E-state index contributed by atoms with van der Waals surface area (Å²) in [6, 6.07) is 0. The summed E-state index contributed by atoms with van der Waals surface area (Å²) in [5.74, 6) is 0. The van der Waals surface area contributed by atoms with Gasteiger partial charge in [-0.15, -0.1) is 0 Å². The molecular formula is H4CoO2Pt. The summed E-state index contributed by atoms with van der Waals surface area (Å²) in [5, 5.41) is 0. The Balaban J connectivity index is 0. The van der Waals surface area contributed by atoms with Crippen LogP contribution in [0.25, 0.3) is 0 Å². The summed E-state index contributed by atoms with van der Waals surface area (Å²) in [6.07, 6.45) is 0. The van der Waals surface area contributed by atoms with E-state index in [9.17, 15) is 0 Å². The third-order valence-corrected chi connectivity index (χ3v) is 0. The molecule has 0 aromatic rings. The van der Waals surface area contributed by atoms with Gasteiger partial charge < -0.3 is 11.0 Å².